The lowest BCUT2D eigenvalue weighted by molar-refractivity contribution is 0.112. The first kappa shape index (κ1) is 11.5. The van der Waals surface area contributed by atoms with Crippen molar-refractivity contribution in [2.75, 3.05) is 0 Å². The Morgan fingerprint density at radius 2 is 2.00 bits per heavy atom. The Hall–Kier alpha value is -1.59. The molecule has 0 saturated heterocycles. The molecule has 0 aromatic heterocycles. The molecular weight excluding hydrogens is 206 g/mol. The third-order valence-electron chi connectivity index (χ3n) is 1.60. The van der Waals surface area contributed by atoms with E-state index in [4.69, 9.17) is 4.74 Å². The van der Waals surface area contributed by atoms with Crippen LogP contribution in [0.4, 0.5) is 13.6 Å². The molecular formula is C9H12F2N2O2. The van der Waals surface area contributed by atoms with Crippen molar-refractivity contribution in [1.82, 2.24) is 10.6 Å². The van der Waals surface area contributed by atoms with Crippen molar-refractivity contribution in [3.8, 4) is 0 Å². The standard InChI is InChI=1S/C9H12F2N2O2/c1-5(2)15-9(14)13-8-6(10)3-12-4-7(8)11/h3-5,8,12H,1-2H3,(H,13,14). The van der Waals surface area contributed by atoms with E-state index in [0.717, 1.165) is 12.4 Å². The van der Waals surface area contributed by atoms with Gasteiger partial charge in [0.05, 0.1) is 6.10 Å². The highest BCUT2D eigenvalue weighted by atomic mass is 19.1. The van der Waals surface area contributed by atoms with Gasteiger partial charge in [-0.2, -0.15) is 0 Å². The molecule has 0 bridgehead atoms. The molecule has 0 spiro atoms. The van der Waals surface area contributed by atoms with Gasteiger partial charge in [0.15, 0.2) is 0 Å². The number of halogens is 2. The summed E-state index contributed by atoms with van der Waals surface area (Å²) in [5.74, 6) is -1.62. The lowest BCUT2D eigenvalue weighted by Gasteiger charge is -2.19. The van der Waals surface area contributed by atoms with Crippen LogP contribution in [-0.2, 0) is 4.74 Å². The third kappa shape index (κ3) is 3.23. The Kier molecular flexibility index (Phi) is 3.65. The Bertz CT molecular complexity index is 295. The molecule has 0 saturated carbocycles. The van der Waals surface area contributed by atoms with Crippen LogP contribution in [0.2, 0.25) is 0 Å². The van der Waals surface area contributed by atoms with E-state index >= 15 is 0 Å². The van der Waals surface area contributed by atoms with Crippen molar-refractivity contribution in [1.29, 1.82) is 0 Å². The maximum absolute atomic E-state index is 13.0. The van der Waals surface area contributed by atoms with Crippen LogP contribution >= 0.6 is 0 Å². The van der Waals surface area contributed by atoms with Crippen molar-refractivity contribution in [3.05, 3.63) is 24.1 Å². The molecule has 0 radical (unpaired) electrons. The lowest BCUT2D eigenvalue weighted by atomic mass is 10.2. The maximum Gasteiger partial charge on any atom is 0.408 e. The van der Waals surface area contributed by atoms with E-state index in [1.165, 1.54) is 0 Å². The second-order valence-corrected chi connectivity index (χ2v) is 3.26. The minimum Gasteiger partial charge on any atom is -0.447 e. The smallest absolute Gasteiger partial charge is 0.408 e. The number of dihydropyridines is 1. The Morgan fingerprint density at radius 3 is 2.47 bits per heavy atom. The van der Waals surface area contributed by atoms with Gasteiger partial charge in [-0.25, -0.2) is 13.6 Å². The van der Waals surface area contributed by atoms with Gasteiger partial charge >= 0.3 is 6.09 Å². The van der Waals surface area contributed by atoms with Gasteiger partial charge in [-0.05, 0) is 13.8 Å². The quantitative estimate of drug-likeness (QED) is 0.741. The highest BCUT2D eigenvalue weighted by Gasteiger charge is 2.25. The van der Waals surface area contributed by atoms with Crippen molar-refractivity contribution in [2.24, 2.45) is 0 Å². The van der Waals surface area contributed by atoms with E-state index in [2.05, 4.69) is 10.6 Å². The molecule has 0 aromatic carbocycles. The van der Waals surface area contributed by atoms with Gasteiger partial charge in [0.2, 0.25) is 0 Å². The number of nitrogens with one attached hydrogen (secondary N) is 2. The molecule has 0 fully saturated rings. The van der Waals surface area contributed by atoms with E-state index in [1.54, 1.807) is 13.8 Å². The van der Waals surface area contributed by atoms with Crippen LogP contribution in [0.3, 0.4) is 0 Å². The number of hydrogen-bond donors (Lipinski definition) is 2. The average molecular weight is 218 g/mol. The van der Waals surface area contributed by atoms with E-state index in [1.807, 2.05) is 0 Å². The van der Waals surface area contributed by atoms with Crippen molar-refractivity contribution < 1.29 is 18.3 Å². The molecule has 1 aliphatic heterocycles. The van der Waals surface area contributed by atoms with E-state index < -0.39 is 23.8 Å². The van der Waals surface area contributed by atoms with E-state index in [9.17, 15) is 13.6 Å². The predicted molar refractivity (Wildman–Crippen MR) is 50.1 cm³/mol. The zero-order valence-electron chi connectivity index (χ0n) is 8.38. The zero-order chi connectivity index (χ0) is 11.4. The Balaban J connectivity index is 2.56. The summed E-state index contributed by atoms with van der Waals surface area (Å²) in [4.78, 5) is 11.1. The van der Waals surface area contributed by atoms with Gasteiger partial charge in [-0.3, -0.25) is 0 Å². The summed E-state index contributed by atoms with van der Waals surface area (Å²) in [5.41, 5.74) is 0. The second kappa shape index (κ2) is 4.77. The van der Waals surface area contributed by atoms with Gasteiger partial charge in [0.1, 0.15) is 17.7 Å². The largest absolute Gasteiger partial charge is 0.447 e. The molecule has 6 heteroatoms. The minimum atomic E-state index is -1.39. The topological polar surface area (TPSA) is 50.4 Å². The third-order valence-corrected chi connectivity index (χ3v) is 1.60. The number of carbonyl (C=O) groups is 1. The molecule has 0 unspecified atom stereocenters. The first-order valence-electron chi connectivity index (χ1n) is 4.45. The first-order chi connectivity index (χ1) is 7.00. The van der Waals surface area contributed by atoms with Crippen LogP contribution in [0.1, 0.15) is 13.8 Å². The first-order valence-corrected chi connectivity index (χ1v) is 4.45. The SMILES string of the molecule is CC(C)OC(=O)NC1C(F)=CNC=C1F. The number of hydrogen-bond acceptors (Lipinski definition) is 3. The number of amides is 1. The summed E-state index contributed by atoms with van der Waals surface area (Å²) in [5, 5.41) is 4.32. The van der Waals surface area contributed by atoms with Gasteiger partial charge in [-0.1, -0.05) is 0 Å². The molecule has 4 nitrogen and oxygen atoms in total. The molecule has 2 N–H and O–H groups in total. The van der Waals surface area contributed by atoms with E-state index in [-0.39, 0.29) is 6.10 Å². The molecule has 0 atom stereocenters. The summed E-state index contributed by atoms with van der Waals surface area (Å²) in [6, 6.07) is -1.39. The van der Waals surface area contributed by atoms with Crippen molar-refractivity contribution in [2.45, 2.75) is 26.0 Å². The fraction of sp³-hybridized carbons (Fsp3) is 0.444. The van der Waals surface area contributed by atoms with Gasteiger partial charge in [0, 0.05) is 12.4 Å². The zero-order valence-corrected chi connectivity index (χ0v) is 8.38. The van der Waals surface area contributed by atoms with Gasteiger partial charge in [0.25, 0.3) is 0 Å². The fourth-order valence-corrected chi connectivity index (χ4v) is 1.00. The molecule has 1 aliphatic rings. The van der Waals surface area contributed by atoms with Crippen molar-refractivity contribution in [3.63, 3.8) is 0 Å². The number of ether oxygens (including phenoxy) is 1. The molecule has 15 heavy (non-hydrogen) atoms. The Labute approximate surface area is 86.0 Å². The van der Waals surface area contributed by atoms with Crippen molar-refractivity contribution >= 4 is 6.09 Å². The summed E-state index contributed by atoms with van der Waals surface area (Å²) in [6.45, 7) is 3.28. The highest BCUT2D eigenvalue weighted by Crippen LogP contribution is 2.17. The molecule has 0 aliphatic carbocycles. The van der Waals surface area contributed by atoms with Crippen LogP contribution in [0, 0.1) is 0 Å². The molecule has 1 rings (SSSR count). The average Bonchev–Trinajstić information content (AvgIpc) is 2.10. The normalized spacial score (nSPS) is 16.6. The monoisotopic (exact) mass is 218 g/mol. The van der Waals surface area contributed by atoms with Crippen LogP contribution < -0.4 is 10.6 Å². The Morgan fingerprint density at radius 1 is 1.47 bits per heavy atom. The summed E-state index contributed by atoms with van der Waals surface area (Å²) in [6.07, 6.45) is 0.724. The fourth-order valence-electron chi connectivity index (χ4n) is 1.00. The number of alkyl carbamates (subject to hydrolysis) is 1. The van der Waals surface area contributed by atoms with Gasteiger partial charge in [-0.15, -0.1) is 0 Å². The van der Waals surface area contributed by atoms with Crippen LogP contribution in [0.5, 0.6) is 0 Å². The van der Waals surface area contributed by atoms with E-state index in [0.29, 0.717) is 0 Å². The summed E-state index contributed by atoms with van der Waals surface area (Å²) < 4.78 is 30.8. The van der Waals surface area contributed by atoms with Crippen LogP contribution in [0.25, 0.3) is 0 Å². The maximum atomic E-state index is 13.0. The van der Waals surface area contributed by atoms with Gasteiger partial charge < -0.3 is 15.4 Å². The predicted octanol–water partition coefficient (Wildman–Crippen LogP) is 1.71. The second-order valence-electron chi connectivity index (χ2n) is 3.26. The number of carbonyl (C=O) groups excluding carboxylic acids is 1. The summed E-state index contributed by atoms with van der Waals surface area (Å²) >= 11 is 0. The highest BCUT2D eigenvalue weighted by molar-refractivity contribution is 5.69. The molecule has 1 heterocycles. The molecule has 1 amide bonds. The lowest BCUT2D eigenvalue weighted by Crippen LogP contribution is -2.39. The van der Waals surface area contributed by atoms with Crippen LogP contribution in [-0.4, -0.2) is 18.2 Å². The van der Waals surface area contributed by atoms with Crippen LogP contribution in [0.15, 0.2) is 24.1 Å². The number of rotatable bonds is 2. The minimum absolute atomic E-state index is 0.342. The molecule has 84 valence electrons. The molecule has 0 aromatic rings. The summed E-state index contributed by atoms with van der Waals surface area (Å²) in [7, 11) is 0.